The Hall–Kier alpha value is -2.36. The molecule has 0 spiro atoms. The molecule has 138 valence electrons. The maximum Gasteiger partial charge on any atom is 0.337 e. The number of hydrogen-bond acceptors (Lipinski definition) is 3. The molecule has 0 bridgehead atoms. The molecule has 1 aromatic heterocycles. The highest BCUT2D eigenvalue weighted by Gasteiger charge is 2.18. The normalized spacial score (nSPS) is 15.0. The number of nitrogens with zero attached hydrogens (tertiary/aromatic N) is 1. The van der Waals surface area contributed by atoms with E-state index < -0.39 is 5.97 Å². The van der Waals surface area contributed by atoms with Gasteiger partial charge in [-0.25, -0.2) is 4.79 Å². The number of hydrogen-bond donors (Lipinski definition) is 1. The van der Waals surface area contributed by atoms with Gasteiger partial charge in [-0.05, 0) is 49.9 Å². The highest BCUT2D eigenvalue weighted by atomic mass is 16.5. The molecule has 0 aliphatic heterocycles. The lowest BCUT2D eigenvalue weighted by atomic mass is 9.85. The SMILES string of the molecule is CCOc1ccccc1-c1ccc(C(=O)O)c(CCC2CCCCC2)n1. The molecule has 1 aliphatic carbocycles. The molecular weight excluding hydrogens is 326 g/mol. The summed E-state index contributed by atoms with van der Waals surface area (Å²) < 4.78 is 5.71. The molecule has 0 saturated heterocycles. The zero-order valence-electron chi connectivity index (χ0n) is 15.4. The van der Waals surface area contributed by atoms with Gasteiger partial charge in [-0.1, -0.05) is 44.2 Å². The average Bonchev–Trinajstić information content (AvgIpc) is 2.67. The van der Waals surface area contributed by atoms with Gasteiger partial charge in [0, 0.05) is 5.56 Å². The van der Waals surface area contributed by atoms with Gasteiger partial charge in [-0.2, -0.15) is 0 Å². The fraction of sp³-hybridized carbons (Fsp3) is 0.455. The van der Waals surface area contributed by atoms with Crippen LogP contribution in [-0.2, 0) is 6.42 Å². The lowest BCUT2D eigenvalue weighted by Crippen LogP contribution is -2.11. The van der Waals surface area contributed by atoms with E-state index in [2.05, 4.69) is 0 Å². The molecule has 1 saturated carbocycles. The summed E-state index contributed by atoms with van der Waals surface area (Å²) in [6, 6.07) is 11.2. The van der Waals surface area contributed by atoms with Crippen LogP contribution in [0.1, 0.15) is 61.5 Å². The van der Waals surface area contributed by atoms with Crippen molar-refractivity contribution in [1.82, 2.24) is 4.98 Å². The largest absolute Gasteiger partial charge is 0.493 e. The first-order valence-electron chi connectivity index (χ1n) is 9.64. The van der Waals surface area contributed by atoms with E-state index in [0.29, 0.717) is 23.8 Å². The Bertz CT molecular complexity index is 751. The molecule has 1 heterocycles. The summed E-state index contributed by atoms with van der Waals surface area (Å²) in [6.07, 6.45) is 8.18. The zero-order chi connectivity index (χ0) is 18.4. The van der Waals surface area contributed by atoms with Gasteiger partial charge in [0.15, 0.2) is 0 Å². The Morgan fingerprint density at radius 1 is 1.15 bits per heavy atom. The van der Waals surface area contributed by atoms with Crippen molar-refractivity contribution in [1.29, 1.82) is 0 Å². The van der Waals surface area contributed by atoms with Crippen molar-refractivity contribution >= 4 is 5.97 Å². The number of benzene rings is 1. The molecule has 4 nitrogen and oxygen atoms in total. The molecule has 1 fully saturated rings. The van der Waals surface area contributed by atoms with E-state index in [1.807, 2.05) is 31.2 Å². The number of aryl methyl sites for hydroxylation is 1. The number of carboxylic acid groups (broad SMARTS) is 1. The van der Waals surface area contributed by atoms with Crippen molar-refractivity contribution in [3.63, 3.8) is 0 Å². The Labute approximate surface area is 155 Å². The van der Waals surface area contributed by atoms with Crippen molar-refractivity contribution in [3.05, 3.63) is 47.7 Å². The van der Waals surface area contributed by atoms with Gasteiger partial charge >= 0.3 is 5.97 Å². The number of ether oxygens (including phenoxy) is 1. The summed E-state index contributed by atoms with van der Waals surface area (Å²) in [7, 11) is 0. The van der Waals surface area contributed by atoms with Gasteiger partial charge in [-0.3, -0.25) is 4.98 Å². The van der Waals surface area contributed by atoms with Crippen molar-refractivity contribution in [2.75, 3.05) is 6.61 Å². The van der Waals surface area contributed by atoms with E-state index in [0.717, 1.165) is 29.8 Å². The van der Waals surface area contributed by atoms with Crippen LogP contribution in [0.3, 0.4) is 0 Å². The predicted molar refractivity (Wildman–Crippen MR) is 103 cm³/mol. The number of carboxylic acids is 1. The predicted octanol–water partition coefficient (Wildman–Crippen LogP) is 5.36. The van der Waals surface area contributed by atoms with Crippen LogP contribution >= 0.6 is 0 Å². The van der Waals surface area contributed by atoms with Crippen LogP contribution in [0.5, 0.6) is 5.75 Å². The molecule has 4 heteroatoms. The first kappa shape index (κ1) is 18.4. The number of aromatic carboxylic acids is 1. The summed E-state index contributed by atoms with van der Waals surface area (Å²) in [6.45, 7) is 2.53. The topological polar surface area (TPSA) is 59.4 Å². The molecule has 1 N–H and O–H groups in total. The lowest BCUT2D eigenvalue weighted by molar-refractivity contribution is 0.0695. The second kappa shape index (κ2) is 8.84. The molecule has 0 radical (unpaired) electrons. The first-order chi connectivity index (χ1) is 12.7. The Morgan fingerprint density at radius 2 is 1.92 bits per heavy atom. The van der Waals surface area contributed by atoms with E-state index in [1.54, 1.807) is 12.1 Å². The zero-order valence-corrected chi connectivity index (χ0v) is 15.4. The van der Waals surface area contributed by atoms with E-state index in [1.165, 1.54) is 32.1 Å². The average molecular weight is 353 g/mol. The van der Waals surface area contributed by atoms with Gasteiger partial charge in [-0.15, -0.1) is 0 Å². The minimum absolute atomic E-state index is 0.318. The smallest absolute Gasteiger partial charge is 0.337 e. The van der Waals surface area contributed by atoms with Crippen LogP contribution in [0.25, 0.3) is 11.3 Å². The summed E-state index contributed by atoms with van der Waals surface area (Å²) in [4.78, 5) is 16.4. The van der Waals surface area contributed by atoms with Crippen LogP contribution in [-0.4, -0.2) is 22.7 Å². The third-order valence-electron chi connectivity index (χ3n) is 5.18. The number of carbonyl (C=O) groups is 1. The highest BCUT2D eigenvalue weighted by Crippen LogP contribution is 2.31. The monoisotopic (exact) mass is 353 g/mol. The molecule has 0 unspecified atom stereocenters. The van der Waals surface area contributed by atoms with Gasteiger partial charge < -0.3 is 9.84 Å². The molecule has 0 amide bonds. The van der Waals surface area contributed by atoms with Crippen LogP contribution in [0.4, 0.5) is 0 Å². The Kier molecular flexibility index (Phi) is 6.26. The number of pyridine rings is 1. The molecule has 0 atom stereocenters. The van der Waals surface area contributed by atoms with Gasteiger partial charge in [0.25, 0.3) is 0 Å². The fourth-order valence-corrected chi connectivity index (χ4v) is 3.81. The second-order valence-corrected chi connectivity index (χ2v) is 6.97. The minimum atomic E-state index is -0.902. The number of aromatic nitrogens is 1. The van der Waals surface area contributed by atoms with Gasteiger partial charge in [0.2, 0.25) is 0 Å². The molecule has 3 rings (SSSR count). The van der Waals surface area contributed by atoms with Gasteiger partial charge in [0.1, 0.15) is 5.75 Å². The number of rotatable bonds is 7. The lowest BCUT2D eigenvalue weighted by Gasteiger charge is -2.21. The molecular formula is C22H27NO3. The molecule has 1 aliphatic rings. The summed E-state index contributed by atoms with van der Waals surface area (Å²) in [5.41, 5.74) is 2.69. The molecule has 1 aromatic carbocycles. The highest BCUT2D eigenvalue weighted by molar-refractivity contribution is 5.89. The Morgan fingerprint density at radius 3 is 2.65 bits per heavy atom. The van der Waals surface area contributed by atoms with E-state index in [-0.39, 0.29) is 0 Å². The third-order valence-corrected chi connectivity index (χ3v) is 5.18. The third kappa shape index (κ3) is 4.43. The van der Waals surface area contributed by atoms with Crippen LogP contribution in [0, 0.1) is 5.92 Å². The first-order valence-corrected chi connectivity index (χ1v) is 9.64. The van der Waals surface area contributed by atoms with Crippen molar-refractivity contribution < 1.29 is 14.6 Å². The molecule has 26 heavy (non-hydrogen) atoms. The maximum absolute atomic E-state index is 11.6. The van der Waals surface area contributed by atoms with Crippen molar-refractivity contribution in [3.8, 4) is 17.0 Å². The van der Waals surface area contributed by atoms with Crippen molar-refractivity contribution in [2.24, 2.45) is 5.92 Å². The second-order valence-electron chi connectivity index (χ2n) is 6.97. The summed E-state index contributed by atoms with van der Waals surface area (Å²) >= 11 is 0. The number of para-hydroxylation sites is 1. The Balaban J connectivity index is 1.87. The van der Waals surface area contributed by atoms with Crippen molar-refractivity contribution in [2.45, 2.75) is 51.9 Å². The van der Waals surface area contributed by atoms with Crippen LogP contribution in [0.15, 0.2) is 36.4 Å². The van der Waals surface area contributed by atoms with E-state index in [9.17, 15) is 9.90 Å². The van der Waals surface area contributed by atoms with E-state index in [4.69, 9.17) is 9.72 Å². The van der Waals surface area contributed by atoms with Crippen LogP contribution in [0.2, 0.25) is 0 Å². The summed E-state index contributed by atoms with van der Waals surface area (Å²) in [5, 5.41) is 9.54. The minimum Gasteiger partial charge on any atom is -0.493 e. The summed E-state index contributed by atoms with van der Waals surface area (Å²) in [5.74, 6) is 0.580. The molecule has 2 aromatic rings. The van der Waals surface area contributed by atoms with Gasteiger partial charge in [0.05, 0.1) is 23.6 Å². The quantitative estimate of drug-likeness (QED) is 0.728. The fourth-order valence-electron chi connectivity index (χ4n) is 3.81. The van der Waals surface area contributed by atoms with Crippen LogP contribution < -0.4 is 4.74 Å². The standard InChI is InChI=1S/C22H27NO3/c1-2-26-21-11-7-6-10-17(21)19-15-13-18(22(24)25)20(23-19)14-12-16-8-4-3-5-9-16/h6-7,10-11,13,15-16H,2-5,8-9,12,14H2,1H3,(H,24,25). The maximum atomic E-state index is 11.6. The van der Waals surface area contributed by atoms with E-state index >= 15 is 0 Å².